The minimum absolute atomic E-state index is 0.542. The first-order valence-corrected chi connectivity index (χ1v) is 5.37. The van der Waals surface area contributed by atoms with Gasteiger partial charge >= 0.3 is 0 Å². The second kappa shape index (κ2) is 4.92. The third kappa shape index (κ3) is 2.42. The molecule has 0 amide bonds. The van der Waals surface area contributed by atoms with Crippen LogP contribution >= 0.6 is 0 Å². The maximum Gasteiger partial charge on any atom is 0.218 e. The monoisotopic (exact) mass is 233 g/mol. The Morgan fingerprint density at radius 1 is 1.41 bits per heavy atom. The molecule has 6 heteroatoms. The van der Waals surface area contributed by atoms with Crippen LogP contribution in [0.25, 0.3) is 5.82 Å². The van der Waals surface area contributed by atoms with Crippen LogP contribution in [0.3, 0.4) is 0 Å². The maximum absolute atomic E-state index is 5.54. The second-order valence-corrected chi connectivity index (χ2v) is 3.57. The third-order valence-corrected chi connectivity index (χ3v) is 2.34. The quantitative estimate of drug-likeness (QED) is 0.831. The van der Waals surface area contributed by atoms with Crippen LogP contribution in [0.5, 0.6) is 5.88 Å². The van der Waals surface area contributed by atoms with E-state index >= 15 is 0 Å². The van der Waals surface area contributed by atoms with Crippen LogP contribution < -0.4 is 10.5 Å². The van der Waals surface area contributed by atoms with Gasteiger partial charge in [-0.25, -0.2) is 9.97 Å². The Labute approximate surface area is 99.5 Å². The summed E-state index contributed by atoms with van der Waals surface area (Å²) in [5.41, 5.74) is 5.54. The minimum atomic E-state index is 0.542. The zero-order chi connectivity index (χ0) is 12.3. The molecule has 0 atom stereocenters. The van der Waals surface area contributed by atoms with Crippen molar-refractivity contribution in [1.82, 2.24) is 19.5 Å². The average Bonchev–Trinajstić information content (AvgIpc) is 2.77. The predicted molar refractivity (Wildman–Crippen MR) is 63.2 cm³/mol. The highest BCUT2D eigenvalue weighted by atomic mass is 16.5. The van der Waals surface area contributed by atoms with Gasteiger partial charge in [-0.05, 0) is 13.5 Å². The van der Waals surface area contributed by atoms with Crippen LogP contribution in [-0.2, 0) is 6.42 Å². The van der Waals surface area contributed by atoms with E-state index in [0.29, 0.717) is 24.7 Å². The second-order valence-electron chi connectivity index (χ2n) is 3.57. The number of rotatable bonds is 4. The van der Waals surface area contributed by atoms with Crippen molar-refractivity contribution in [2.24, 2.45) is 5.73 Å². The molecule has 0 aromatic carbocycles. The fraction of sp³-hybridized carbons (Fsp3) is 0.364. The SMILES string of the molecule is COc1cc(-n2ccnc2CCN)nc(C)n1. The summed E-state index contributed by atoms with van der Waals surface area (Å²) in [6.07, 6.45) is 4.29. The van der Waals surface area contributed by atoms with Crippen molar-refractivity contribution in [3.8, 4) is 11.7 Å². The summed E-state index contributed by atoms with van der Waals surface area (Å²) in [5, 5.41) is 0. The number of ether oxygens (including phenoxy) is 1. The van der Waals surface area contributed by atoms with Crippen LogP contribution in [0, 0.1) is 6.92 Å². The summed E-state index contributed by atoms with van der Waals surface area (Å²) < 4.78 is 7.02. The van der Waals surface area contributed by atoms with Gasteiger partial charge in [-0.3, -0.25) is 4.57 Å². The summed E-state index contributed by atoms with van der Waals surface area (Å²) in [4.78, 5) is 12.8. The van der Waals surface area contributed by atoms with E-state index in [9.17, 15) is 0 Å². The number of aryl methyl sites for hydroxylation is 1. The van der Waals surface area contributed by atoms with Crippen LogP contribution in [-0.4, -0.2) is 33.2 Å². The Morgan fingerprint density at radius 3 is 2.94 bits per heavy atom. The molecule has 2 N–H and O–H groups in total. The molecule has 0 saturated carbocycles. The highest BCUT2D eigenvalue weighted by molar-refractivity contribution is 5.30. The van der Waals surface area contributed by atoms with E-state index in [1.54, 1.807) is 19.4 Å². The molecule has 2 rings (SSSR count). The van der Waals surface area contributed by atoms with E-state index < -0.39 is 0 Å². The van der Waals surface area contributed by atoms with E-state index in [2.05, 4.69) is 15.0 Å². The van der Waals surface area contributed by atoms with Crippen molar-refractivity contribution in [2.75, 3.05) is 13.7 Å². The van der Waals surface area contributed by atoms with Gasteiger partial charge in [-0.15, -0.1) is 0 Å². The fourth-order valence-corrected chi connectivity index (χ4v) is 1.61. The Kier molecular flexibility index (Phi) is 3.34. The van der Waals surface area contributed by atoms with Crippen LogP contribution in [0.15, 0.2) is 18.5 Å². The number of hydrogen-bond acceptors (Lipinski definition) is 5. The summed E-state index contributed by atoms with van der Waals surface area (Å²) in [6.45, 7) is 2.38. The topological polar surface area (TPSA) is 78.9 Å². The molecule has 0 fully saturated rings. The van der Waals surface area contributed by atoms with Crippen molar-refractivity contribution >= 4 is 0 Å². The molecule has 2 aromatic heterocycles. The molecule has 6 nitrogen and oxygen atoms in total. The highest BCUT2D eigenvalue weighted by Crippen LogP contribution is 2.14. The number of nitrogens with zero attached hydrogens (tertiary/aromatic N) is 4. The third-order valence-electron chi connectivity index (χ3n) is 2.34. The number of imidazole rings is 1. The molecule has 0 spiro atoms. The standard InChI is InChI=1S/C11H15N5O/c1-8-14-10(7-11(15-8)17-2)16-6-5-13-9(16)3-4-12/h5-7H,3-4,12H2,1-2H3. The van der Waals surface area contributed by atoms with Gasteiger partial charge in [0.2, 0.25) is 5.88 Å². The molecular formula is C11H15N5O. The zero-order valence-corrected chi connectivity index (χ0v) is 9.92. The first-order chi connectivity index (χ1) is 8.24. The van der Waals surface area contributed by atoms with Gasteiger partial charge in [0.05, 0.1) is 7.11 Å². The van der Waals surface area contributed by atoms with Gasteiger partial charge in [-0.2, -0.15) is 4.98 Å². The molecule has 0 aliphatic carbocycles. The van der Waals surface area contributed by atoms with Crippen molar-refractivity contribution in [2.45, 2.75) is 13.3 Å². The molecule has 90 valence electrons. The summed E-state index contributed by atoms with van der Waals surface area (Å²) in [6, 6.07) is 1.77. The van der Waals surface area contributed by atoms with Crippen LogP contribution in [0.2, 0.25) is 0 Å². The molecule has 17 heavy (non-hydrogen) atoms. The van der Waals surface area contributed by atoms with E-state index in [0.717, 1.165) is 11.6 Å². The van der Waals surface area contributed by atoms with Gasteiger partial charge in [0.25, 0.3) is 0 Å². The van der Waals surface area contributed by atoms with Crippen LogP contribution in [0.1, 0.15) is 11.6 Å². The van der Waals surface area contributed by atoms with Gasteiger partial charge in [0.1, 0.15) is 17.5 Å². The molecule has 0 saturated heterocycles. The lowest BCUT2D eigenvalue weighted by molar-refractivity contribution is 0.395. The zero-order valence-electron chi connectivity index (χ0n) is 9.92. The Balaban J connectivity index is 2.44. The van der Waals surface area contributed by atoms with Gasteiger partial charge < -0.3 is 10.5 Å². The number of nitrogens with two attached hydrogens (primary N) is 1. The van der Waals surface area contributed by atoms with Gasteiger partial charge in [0, 0.05) is 24.9 Å². The van der Waals surface area contributed by atoms with Crippen molar-refractivity contribution in [3.05, 3.63) is 30.1 Å². The maximum atomic E-state index is 5.54. The van der Waals surface area contributed by atoms with E-state index in [1.807, 2.05) is 17.7 Å². The Bertz CT molecular complexity index is 508. The normalized spacial score (nSPS) is 10.5. The number of hydrogen-bond donors (Lipinski definition) is 1. The molecule has 2 heterocycles. The smallest absolute Gasteiger partial charge is 0.218 e. The molecule has 2 aromatic rings. The Morgan fingerprint density at radius 2 is 2.24 bits per heavy atom. The molecule has 0 unspecified atom stereocenters. The highest BCUT2D eigenvalue weighted by Gasteiger charge is 2.08. The lowest BCUT2D eigenvalue weighted by Gasteiger charge is -2.08. The lowest BCUT2D eigenvalue weighted by Crippen LogP contribution is -2.10. The predicted octanol–water partition coefficient (Wildman–Crippen LogP) is 0.481. The molecule has 0 aliphatic rings. The molecule has 0 aliphatic heterocycles. The minimum Gasteiger partial charge on any atom is -0.481 e. The number of methoxy groups -OCH3 is 1. The summed E-state index contributed by atoms with van der Waals surface area (Å²) >= 11 is 0. The first-order valence-electron chi connectivity index (χ1n) is 5.37. The first kappa shape index (κ1) is 11.5. The van der Waals surface area contributed by atoms with Crippen molar-refractivity contribution in [1.29, 1.82) is 0 Å². The Hall–Kier alpha value is -1.95. The van der Waals surface area contributed by atoms with Crippen molar-refractivity contribution in [3.63, 3.8) is 0 Å². The van der Waals surface area contributed by atoms with Gasteiger partial charge in [0.15, 0.2) is 0 Å². The van der Waals surface area contributed by atoms with E-state index in [-0.39, 0.29) is 0 Å². The summed E-state index contributed by atoms with van der Waals surface area (Å²) in [7, 11) is 1.58. The molecule has 0 bridgehead atoms. The van der Waals surface area contributed by atoms with E-state index in [4.69, 9.17) is 10.5 Å². The number of aromatic nitrogens is 4. The van der Waals surface area contributed by atoms with Crippen LogP contribution in [0.4, 0.5) is 0 Å². The summed E-state index contributed by atoms with van der Waals surface area (Å²) in [5.74, 6) is 2.83. The largest absolute Gasteiger partial charge is 0.481 e. The molecular weight excluding hydrogens is 218 g/mol. The van der Waals surface area contributed by atoms with Gasteiger partial charge in [-0.1, -0.05) is 0 Å². The fourth-order valence-electron chi connectivity index (χ4n) is 1.61. The van der Waals surface area contributed by atoms with E-state index in [1.165, 1.54) is 0 Å². The average molecular weight is 233 g/mol. The lowest BCUT2D eigenvalue weighted by atomic mass is 10.4. The van der Waals surface area contributed by atoms with Crippen molar-refractivity contribution < 1.29 is 4.74 Å². The molecule has 0 radical (unpaired) electrons.